The van der Waals surface area contributed by atoms with E-state index in [2.05, 4.69) is 0 Å². The van der Waals surface area contributed by atoms with E-state index < -0.39 is 17.7 Å². The molecule has 0 aliphatic carbocycles. The first-order valence-electron chi connectivity index (χ1n) is 4.84. The molecule has 0 saturated heterocycles. The highest BCUT2D eigenvalue weighted by Gasteiger charge is 2.16. The van der Waals surface area contributed by atoms with Gasteiger partial charge in [0.25, 0.3) is 5.91 Å². The van der Waals surface area contributed by atoms with Crippen LogP contribution in [-0.2, 0) is 4.79 Å². The first-order valence-corrected chi connectivity index (χ1v) is 5.22. The molecule has 6 heteroatoms. The van der Waals surface area contributed by atoms with Gasteiger partial charge in [-0.25, -0.2) is 4.39 Å². The van der Waals surface area contributed by atoms with Crippen LogP contribution < -0.4 is 0 Å². The fraction of sp³-hybridized carbons (Fsp3) is 0.273. The highest BCUT2D eigenvalue weighted by Crippen LogP contribution is 2.18. The summed E-state index contributed by atoms with van der Waals surface area (Å²) in [6.45, 7) is 0.0713. The molecule has 92 valence electrons. The maximum atomic E-state index is 12.8. The van der Waals surface area contributed by atoms with Crippen LogP contribution in [0.25, 0.3) is 0 Å². The summed E-state index contributed by atoms with van der Waals surface area (Å²) in [7, 11) is 1.46. The van der Waals surface area contributed by atoms with Gasteiger partial charge in [0.05, 0.1) is 17.0 Å². The van der Waals surface area contributed by atoms with Crippen LogP contribution in [0.5, 0.6) is 0 Å². The predicted molar refractivity (Wildman–Crippen MR) is 60.6 cm³/mol. The fourth-order valence-corrected chi connectivity index (χ4v) is 1.48. The Labute approximate surface area is 103 Å². The molecular formula is C11H11ClFNO3. The van der Waals surface area contributed by atoms with Crippen molar-refractivity contribution in [3.8, 4) is 0 Å². The van der Waals surface area contributed by atoms with Crippen LogP contribution in [-0.4, -0.2) is 35.5 Å². The summed E-state index contributed by atoms with van der Waals surface area (Å²) in [6.07, 6.45) is -0.152. The molecule has 4 nitrogen and oxygen atoms in total. The Bertz CT molecular complexity index is 450. The average Bonchev–Trinajstić information content (AvgIpc) is 2.25. The number of rotatable bonds is 4. The lowest BCUT2D eigenvalue weighted by atomic mass is 10.2. The second kappa shape index (κ2) is 5.63. The Morgan fingerprint density at radius 3 is 2.65 bits per heavy atom. The van der Waals surface area contributed by atoms with E-state index in [1.165, 1.54) is 18.0 Å². The third-order valence-corrected chi connectivity index (χ3v) is 2.48. The van der Waals surface area contributed by atoms with Crippen molar-refractivity contribution in [2.24, 2.45) is 0 Å². The first kappa shape index (κ1) is 13.4. The number of carbonyl (C=O) groups excluding carboxylic acids is 1. The summed E-state index contributed by atoms with van der Waals surface area (Å²) in [5.74, 6) is -1.95. The van der Waals surface area contributed by atoms with Gasteiger partial charge in [0, 0.05) is 13.6 Å². The molecule has 0 radical (unpaired) electrons. The van der Waals surface area contributed by atoms with Crippen molar-refractivity contribution < 1.29 is 19.1 Å². The number of amides is 1. The molecule has 0 aliphatic heterocycles. The third-order valence-electron chi connectivity index (χ3n) is 2.17. The first-order chi connectivity index (χ1) is 7.91. The van der Waals surface area contributed by atoms with Crippen molar-refractivity contribution in [2.75, 3.05) is 13.6 Å². The number of benzene rings is 1. The second-order valence-electron chi connectivity index (χ2n) is 3.49. The number of carboxylic acids is 1. The van der Waals surface area contributed by atoms with E-state index in [-0.39, 0.29) is 23.6 Å². The van der Waals surface area contributed by atoms with E-state index >= 15 is 0 Å². The molecule has 1 aromatic carbocycles. The summed E-state index contributed by atoms with van der Waals surface area (Å²) in [5, 5.41) is 8.50. The van der Waals surface area contributed by atoms with Crippen LogP contribution in [0.1, 0.15) is 16.8 Å². The van der Waals surface area contributed by atoms with Crippen LogP contribution in [0.4, 0.5) is 4.39 Å². The Morgan fingerprint density at radius 1 is 1.47 bits per heavy atom. The van der Waals surface area contributed by atoms with Gasteiger partial charge in [-0.15, -0.1) is 0 Å². The van der Waals surface area contributed by atoms with Gasteiger partial charge in [0.15, 0.2) is 0 Å². The zero-order chi connectivity index (χ0) is 13.0. The Morgan fingerprint density at radius 2 is 2.12 bits per heavy atom. The molecule has 0 aliphatic rings. The van der Waals surface area contributed by atoms with Crippen LogP contribution >= 0.6 is 11.6 Å². The molecular weight excluding hydrogens is 249 g/mol. The lowest BCUT2D eigenvalue weighted by molar-refractivity contribution is -0.137. The van der Waals surface area contributed by atoms with Gasteiger partial charge in [0.1, 0.15) is 5.82 Å². The zero-order valence-corrected chi connectivity index (χ0v) is 9.87. The summed E-state index contributed by atoms with van der Waals surface area (Å²) >= 11 is 5.73. The SMILES string of the molecule is CN(CCC(=O)O)C(=O)c1ccc(F)cc1Cl. The van der Waals surface area contributed by atoms with Crippen molar-refractivity contribution >= 4 is 23.5 Å². The average molecular weight is 260 g/mol. The minimum Gasteiger partial charge on any atom is -0.481 e. The fourth-order valence-electron chi connectivity index (χ4n) is 1.23. The smallest absolute Gasteiger partial charge is 0.305 e. The number of carboxylic acid groups (broad SMARTS) is 1. The Balaban J connectivity index is 2.78. The van der Waals surface area contributed by atoms with E-state index in [9.17, 15) is 14.0 Å². The summed E-state index contributed by atoms with van der Waals surface area (Å²) in [6, 6.07) is 3.45. The van der Waals surface area contributed by atoms with Gasteiger partial charge < -0.3 is 10.0 Å². The molecule has 17 heavy (non-hydrogen) atoms. The predicted octanol–water partition coefficient (Wildman–Crippen LogP) is 2.03. The molecule has 1 amide bonds. The van der Waals surface area contributed by atoms with Crippen molar-refractivity contribution in [2.45, 2.75) is 6.42 Å². The molecule has 0 aromatic heterocycles. The normalized spacial score (nSPS) is 10.1. The second-order valence-corrected chi connectivity index (χ2v) is 3.90. The Kier molecular flexibility index (Phi) is 4.45. The van der Waals surface area contributed by atoms with Crippen molar-refractivity contribution in [1.82, 2.24) is 4.90 Å². The van der Waals surface area contributed by atoms with Crippen molar-refractivity contribution in [3.05, 3.63) is 34.6 Å². The lowest BCUT2D eigenvalue weighted by Gasteiger charge is -2.16. The van der Waals surface area contributed by atoms with Gasteiger partial charge in [-0.05, 0) is 18.2 Å². The minimum absolute atomic E-state index is 0.0113. The zero-order valence-electron chi connectivity index (χ0n) is 9.11. The minimum atomic E-state index is -0.991. The number of halogens is 2. The molecule has 0 spiro atoms. The molecule has 1 aromatic rings. The number of aliphatic carboxylic acids is 1. The van der Waals surface area contributed by atoms with Crippen LogP contribution in [0.2, 0.25) is 5.02 Å². The van der Waals surface area contributed by atoms with Gasteiger partial charge in [-0.3, -0.25) is 9.59 Å². The molecule has 0 heterocycles. The standard InChI is InChI=1S/C11H11ClFNO3/c1-14(5-4-10(15)16)11(17)8-3-2-7(13)6-9(8)12/h2-3,6H,4-5H2,1H3,(H,15,16). The summed E-state index contributed by atoms with van der Waals surface area (Å²) in [4.78, 5) is 23.4. The van der Waals surface area contributed by atoms with Gasteiger partial charge in [-0.1, -0.05) is 11.6 Å². The van der Waals surface area contributed by atoms with Crippen LogP contribution in [0, 0.1) is 5.82 Å². The van der Waals surface area contributed by atoms with Crippen molar-refractivity contribution in [3.63, 3.8) is 0 Å². The monoisotopic (exact) mass is 259 g/mol. The molecule has 0 bridgehead atoms. The van der Waals surface area contributed by atoms with Crippen LogP contribution in [0.15, 0.2) is 18.2 Å². The van der Waals surface area contributed by atoms with E-state index in [4.69, 9.17) is 16.7 Å². The third kappa shape index (κ3) is 3.71. The molecule has 0 atom stereocenters. The van der Waals surface area contributed by atoms with Gasteiger partial charge >= 0.3 is 5.97 Å². The van der Waals surface area contributed by atoms with Gasteiger partial charge in [-0.2, -0.15) is 0 Å². The number of carbonyl (C=O) groups is 2. The number of hydrogen-bond acceptors (Lipinski definition) is 2. The van der Waals surface area contributed by atoms with E-state index in [0.29, 0.717) is 0 Å². The number of nitrogens with zero attached hydrogens (tertiary/aromatic N) is 1. The van der Waals surface area contributed by atoms with E-state index in [1.54, 1.807) is 0 Å². The summed E-state index contributed by atoms with van der Waals surface area (Å²) in [5.41, 5.74) is 0.154. The molecule has 1 rings (SSSR count). The summed E-state index contributed by atoms with van der Waals surface area (Å²) < 4.78 is 12.8. The topological polar surface area (TPSA) is 57.6 Å². The quantitative estimate of drug-likeness (QED) is 0.900. The van der Waals surface area contributed by atoms with Crippen LogP contribution in [0.3, 0.4) is 0 Å². The maximum Gasteiger partial charge on any atom is 0.305 e. The number of hydrogen-bond donors (Lipinski definition) is 1. The van der Waals surface area contributed by atoms with E-state index in [1.807, 2.05) is 0 Å². The molecule has 1 N–H and O–H groups in total. The largest absolute Gasteiger partial charge is 0.481 e. The molecule has 0 fully saturated rings. The van der Waals surface area contributed by atoms with E-state index in [0.717, 1.165) is 12.1 Å². The Hall–Kier alpha value is -1.62. The molecule has 0 unspecified atom stereocenters. The van der Waals surface area contributed by atoms with Gasteiger partial charge in [0.2, 0.25) is 0 Å². The lowest BCUT2D eigenvalue weighted by Crippen LogP contribution is -2.29. The highest BCUT2D eigenvalue weighted by atomic mass is 35.5. The maximum absolute atomic E-state index is 12.8. The highest BCUT2D eigenvalue weighted by molar-refractivity contribution is 6.33. The molecule has 0 saturated carbocycles. The van der Waals surface area contributed by atoms with Crippen molar-refractivity contribution in [1.29, 1.82) is 0 Å².